The van der Waals surface area contributed by atoms with Crippen LogP contribution in [0.25, 0.3) is 0 Å². The summed E-state index contributed by atoms with van der Waals surface area (Å²) in [5, 5.41) is 0. The van der Waals surface area contributed by atoms with Crippen LogP contribution in [0.1, 0.15) is 0 Å². The fraction of sp³-hybridized carbons (Fsp3) is 0. The van der Waals surface area contributed by atoms with Crippen LogP contribution in [0.3, 0.4) is 0 Å². The normalized spacial score (nSPS) is 0. The van der Waals surface area contributed by atoms with E-state index in [1.165, 1.54) is 0 Å². The molecule has 0 aromatic rings. The van der Waals surface area contributed by atoms with Crippen LogP contribution in [-0.4, -0.2) is 21.9 Å². The van der Waals surface area contributed by atoms with E-state index in [1.54, 1.807) is 0 Å². The molecule has 0 saturated carbocycles. The standard InChI is InChI=1S/4Na.4H2O/h;;;;4*1H2/q4*+1;;;;. The van der Waals surface area contributed by atoms with Crippen molar-refractivity contribution in [2.24, 2.45) is 0 Å². The van der Waals surface area contributed by atoms with Gasteiger partial charge in [-0.3, -0.25) is 0 Å². The molecule has 32 valence electrons. The first-order valence-corrected chi connectivity index (χ1v) is 0. The maximum atomic E-state index is 0. The van der Waals surface area contributed by atoms with Crippen molar-refractivity contribution in [3.05, 3.63) is 0 Å². The average molecular weight is 164 g/mol. The molecule has 0 fully saturated rings. The number of hydrogen-bond donors (Lipinski definition) is 0. The SMILES string of the molecule is O.O.O.O.[Na+].[Na+].[Na+].[Na+]. The van der Waals surface area contributed by atoms with Crippen molar-refractivity contribution in [3.8, 4) is 0 Å². The minimum atomic E-state index is 0. The molecule has 0 amide bonds. The van der Waals surface area contributed by atoms with Gasteiger partial charge in [-0.25, -0.2) is 0 Å². The molecule has 0 aliphatic heterocycles. The zero-order valence-corrected chi connectivity index (χ0v) is 14.0. The van der Waals surface area contributed by atoms with Crippen LogP contribution in [0.2, 0.25) is 0 Å². The molecule has 0 radical (unpaired) electrons. The van der Waals surface area contributed by atoms with Crippen molar-refractivity contribution >= 4 is 0 Å². The number of hydrogen-bond acceptors (Lipinski definition) is 0. The summed E-state index contributed by atoms with van der Waals surface area (Å²) in [6.45, 7) is 0. The molecule has 8 heavy (non-hydrogen) atoms. The van der Waals surface area contributed by atoms with Gasteiger partial charge in [0.25, 0.3) is 0 Å². The van der Waals surface area contributed by atoms with Crippen LogP contribution >= 0.6 is 0 Å². The Hall–Kier alpha value is 3.84. The molecule has 8 heteroatoms. The van der Waals surface area contributed by atoms with Crippen LogP contribution < -0.4 is 118 Å². The Balaban J connectivity index is 0. The summed E-state index contributed by atoms with van der Waals surface area (Å²) in [6, 6.07) is 0. The smallest absolute Gasteiger partial charge is 0.412 e. The van der Waals surface area contributed by atoms with Gasteiger partial charge in [0, 0.05) is 0 Å². The third-order valence-electron chi connectivity index (χ3n) is 0. The van der Waals surface area contributed by atoms with Crippen molar-refractivity contribution in [1.29, 1.82) is 0 Å². The van der Waals surface area contributed by atoms with Crippen molar-refractivity contribution < 1.29 is 140 Å². The van der Waals surface area contributed by atoms with E-state index < -0.39 is 0 Å². The Morgan fingerprint density at radius 2 is 0.250 bits per heavy atom. The molecule has 0 atom stereocenters. The second kappa shape index (κ2) is 71.2. The van der Waals surface area contributed by atoms with Gasteiger partial charge in [-0.1, -0.05) is 0 Å². The maximum Gasteiger partial charge on any atom is 1.00 e. The maximum absolute atomic E-state index is 0. The Kier molecular flexibility index (Phi) is 839. The van der Waals surface area contributed by atoms with E-state index in [4.69, 9.17) is 0 Å². The first kappa shape index (κ1) is 94.4. The molecule has 0 saturated heterocycles. The molecule has 0 rings (SSSR count). The Morgan fingerprint density at radius 3 is 0.250 bits per heavy atom. The van der Waals surface area contributed by atoms with Gasteiger partial charge in [-0.2, -0.15) is 0 Å². The zero-order valence-electron chi connectivity index (χ0n) is 6.00. The third kappa shape index (κ3) is 52.1. The van der Waals surface area contributed by atoms with Crippen molar-refractivity contribution in [1.82, 2.24) is 0 Å². The van der Waals surface area contributed by atoms with E-state index in [9.17, 15) is 0 Å². The van der Waals surface area contributed by atoms with Gasteiger partial charge in [0.2, 0.25) is 0 Å². The summed E-state index contributed by atoms with van der Waals surface area (Å²) >= 11 is 0. The molecule has 0 aliphatic rings. The average Bonchev–Trinajstić information content (AvgIpc) is 0. The van der Waals surface area contributed by atoms with Gasteiger partial charge in [0.05, 0.1) is 0 Å². The Labute approximate surface area is 137 Å². The van der Waals surface area contributed by atoms with Crippen molar-refractivity contribution in [3.63, 3.8) is 0 Å². The van der Waals surface area contributed by atoms with Crippen LogP contribution in [-0.2, 0) is 0 Å². The molecule has 0 spiro atoms. The largest absolute Gasteiger partial charge is 1.00 e. The molecular weight excluding hydrogens is 156 g/mol. The molecular formula is H8Na4O4+4. The molecule has 4 nitrogen and oxygen atoms in total. The summed E-state index contributed by atoms with van der Waals surface area (Å²) in [6.07, 6.45) is 0. The van der Waals surface area contributed by atoms with E-state index in [0.29, 0.717) is 0 Å². The fourth-order valence-electron chi connectivity index (χ4n) is 0. The van der Waals surface area contributed by atoms with Gasteiger partial charge in [-0.05, 0) is 0 Å². The third-order valence-corrected chi connectivity index (χ3v) is 0. The minimum absolute atomic E-state index is 0. The van der Waals surface area contributed by atoms with Crippen LogP contribution in [0.4, 0.5) is 0 Å². The summed E-state index contributed by atoms with van der Waals surface area (Å²) in [5.74, 6) is 0. The van der Waals surface area contributed by atoms with Gasteiger partial charge < -0.3 is 21.9 Å². The predicted octanol–water partition coefficient (Wildman–Crippen LogP) is -15.3. The molecule has 0 aliphatic carbocycles. The van der Waals surface area contributed by atoms with Crippen molar-refractivity contribution in [2.75, 3.05) is 0 Å². The molecule has 0 heterocycles. The topological polar surface area (TPSA) is 126 Å². The van der Waals surface area contributed by atoms with Crippen LogP contribution in [0, 0.1) is 0 Å². The zero-order chi connectivity index (χ0) is 0. The minimum Gasteiger partial charge on any atom is -0.412 e. The van der Waals surface area contributed by atoms with Crippen LogP contribution in [0.15, 0.2) is 0 Å². The summed E-state index contributed by atoms with van der Waals surface area (Å²) in [4.78, 5) is 0. The Morgan fingerprint density at radius 1 is 0.250 bits per heavy atom. The van der Waals surface area contributed by atoms with E-state index in [-0.39, 0.29) is 140 Å². The van der Waals surface area contributed by atoms with E-state index >= 15 is 0 Å². The molecule has 0 aromatic heterocycles. The molecule has 8 N–H and O–H groups in total. The number of rotatable bonds is 0. The van der Waals surface area contributed by atoms with Gasteiger partial charge in [-0.15, -0.1) is 0 Å². The van der Waals surface area contributed by atoms with E-state index in [0.717, 1.165) is 0 Å². The Bertz CT molecular complexity index is 8.00. The van der Waals surface area contributed by atoms with E-state index in [1.807, 2.05) is 0 Å². The monoisotopic (exact) mass is 164 g/mol. The summed E-state index contributed by atoms with van der Waals surface area (Å²) in [7, 11) is 0. The van der Waals surface area contributed by atoms with Crippen molar-refractivity contribution in [2.45, 2.75) is 0 Å². The molecule has 0 unspecified atom stereocenters. The summed E-state index contributed by atoms with van der Waals surface area (Å²) < 4.78 is 0. The van der Waals surface area contributed by atoms with Gasteiger partial charge in [0.15, 0.2) is 0 Å². The van der Waals surface area contributed by atoms with Gasteiger partial charge >= 0.3 is 118 Å². The van der Waals surface area contributed by atoms with Crippen LogP contribution in [0.5, 0.6) is 0 Å². The molecule has 0 bridgehead atoms. The second-order valence-electron chi connectivity index (χ2n) is 0. The first-order chi connectivity index (χ1) is 0. The molecule has 0 aromatic carbocycles. The first-order valence-electron chi connectivity index (χ1n) is 0. The quantitative estimate of drug-likeness (QED) is 0.315. The predicted molar refractivity (Wildman–Crippen MR) is 14.5 cm³/mol. The fourth-order valence-corrected chi connectivity index (χ4v) is 0. The second-order valence-corrected chi connectivity index (χ2v) is 0. The van der Waals surface area contributed by atoms with Gasteiger partial charge in [0.1, 0.15) is 0 Å². The summed E-state index contributed by atoms with van der Waals surface area (Å²) in [5.41, 5.74) is 0. The van der Waals surface area contributed by atoms with E-state index in [2.05, 4.69) is 0 Å².